The second kappa shape index (κ2) is 6.57. The average Bonchev–Trinajstić information content (AvgIpc) is 2.74. The van der Waals surface area contributed by atoms with Crippen LogP contribution in [-0.2, 0) is 17.8 Å². The van der Waals surface area contributed by atoms with Gasteiger partial charge in [0.05, 0.1) is 6.61 Å². The van der Waals surface area contributed by atoms with E-state index in [1.807, 2.05) is 0 Å². The molecule has 0 amide bonds. The molecular formula is C15H22N2O. The van der Waals surface area contributed by atoms with Crippen molar-refractivity contribution in [2.45, 2.75) is 26.4 Å². The van der Waals surface area contributed by atoms with Crippen molar-refractivity contribution in [3.63, 3.8) is 0 Å². The molecule has 0 radical (unpaired) electrons. The van der Waals surface area contributed by atoms with E-state index in [1.165, 1.54) is 16.6 Å². The summed E-state index contributed by atoms with van der Waals surface area (Å²) in [5.74, 6) is 0. The minimum absolute atomic E-state index is 0.758. The van der Waals surface area contributed by atoms with Gasteiger partial charge in [-0.1, -0.05) is 25.1 Å². The SMILES string of the molecule is CCCn1c(CNCCOC)cc2ccccc21. The lowest BCUT2D eigenvalue weighted by Crippen LogP contribution is -2.20. The number of nitrogens with zero attached hydrogens (tertiary/aromatic N) is 1. The first kappa shape index (κ1) is 13.1. The molecule has 1 heterocycles. The van der Waals surface area contributed by atoms with Crippen LogP contribution >= 0.6 is 0 Å². The Morgan fingerprint density at radius 2 is 2.11 bits per heavy atom. The van der Waals surface area contributed by atoms with Crippen molar-refractivity contribution in [3.05, 3.63) is 36.0 Å². The van der Waals surface area contributed by atoms with E-state index in [9.17, 15) is 0 Å². The van der Waals surface area contributed by atoms with Crippen molar-refractivity contribution in [1.82, 2.24) is 9.88 Å². The van der Waals surface area contributed by atoms with Gasteiger partial charge in [-0.2, -0.15) is 0 Å². The monoisotopic (exact) mass is 246 g/mol. The Bertz CT molecular complexity index is 490. The van der Waals surface area contributed by atoms with Crippen molar-refractivity contribution in [3.8, 4) is 0 Å². The molecule has 0 aliphatic carbocycles. The van der Waals surface area contributed by atoms with Gasteiger partial charge in [-0.15, -0.1) is 0 Å². The molecule has 2 rings (SSSR count). The van der Waals surface area contributed by atoms with Crippen LogP contribution in [0, 0.1) is 0 Å². The Kier molecular flexibility index (Phi) is 4.79. The lowest BCUT2D eigenvalue weighted by Gasteiger charge is -2.10. The number of aromatic nitrogens is 1. The quantitative estimate of drug-likeness (QED) is 0.760. The summed E-state index contributed by atoms with van der Waals surface area (Å²) in [6, 6.07) is 10.9. The van der Waals surface area contributed by atoms with Gasteiger partial charge in [0.25, 0.3) is 0 Å². The van der Waals surface area contributed by atoms with Crippen LogP contribution in [0.1, 0.15) is 19.0 Å². The molecule has 0 fully saturated rings. The molecule has 2 aromatic rings. The van der Waals surface area contributed by atoms with Crippen LogP contribution in [0.25, 0.3) is 10.9 Å². The van der Waals surface area contributed by atoms with E-state index in [2.05, 4.69) is 47.1 Å². The molecule has 3 heteroatoms. The maximum Gasteiger partial charge on any atom is 0.0587 e. The number of aryl methyl sites for hydroxylation is 1. The van der Waals surface area contributed by atoms with E-state index in [-0.39, 0.29) is 0 Å². The Morgan fingerprint density at radius 3 is 2.89 bits per heavy atom. The maximum absolute atomic E-state index is 5.05. The predicted octanol–water partition coefficient (Wildman–Crippen LogP) is 2.79. The molecule has 3 nitrogen and oxygen atoms in total. The van der Waals surface area contributed by atoms with Crippen molar-refractivity contribution in [2.24, 2.45) is 0 Å². The number of methoxy groups -OCH3 is 1. The third kappa shape index (κ3) is 2.92. The number of fused-ring (bicyclic) bond motifs is 1. The first-order valence-corrected chi connectivity index (χ1v) is 6.63. The zero-order chi connectivity index (χ0) is 12.8. The number of nitrogens with one attached hydrogen (secondary N) is 1. The van der Waals surface area contributed by atoms with Gasteiger partial charge in [-0.25, -0.2) is 0 Å². The number of para-hydroxylation sites is 1. The smallest absolute Gasteiger partial charge is 0.0587 e. The molecule has 0 unspecified atom stereocenters. The van der Waals surface area contributed by atoms with E-state index in [4.69, 9.17) is 4.74 Å². The van der Waals surface area contributed by atoms with Crippen molar-refractivity contribution in [2.75, 3.05) is 20.3 Å². The third-order valence-electron chi connectivity index (χ3n) is 3.13. The summed E-state index contributed by atoms with van der Waals surface area (Å²) in [7, 11) is 1.73. The minimum atomic E-state index is 0.758. The predicted molar refractivity (Wildman–Crippen MR) is 75.8 cm³/mol. The molecule has 1 aromatic carbocycles. The van der Waals surface area contributed by atoms with E-state index >= 15 is 0 Å². The summed E-state index contributed by atoms with van der Waals surface area (Å²) >= 11 is 0. The first-order chi connectivity index (χ1) is 8.86. The molecule has 0 bridgehead atoms. The summed E-state index contributed by atoms with van der Waals surface area (Å²) in [6.45, 7) is 5.85. The van der Waals surface area contributed by atoms with Crippen molar-refractivity contribution >= 4 is 10.9 Å². The Hall–Kier alpha value is -1.32. The fourth-order valence-electron chi connectivity index (χ4n) is 2.29. The number of hydrogen-bond donors (Lipinski definition) is 1. The molecule has 0 saturated carbocycles. The Balaban J connectivity index is 2.17. The lowest BCUT2D eigenvalue weighted by atomic mass is 10.2. The normalized spacial score (nSPS) is 11.2. The standard InChI is InChI=1S/C15H22N2O/c1-3-9-17-14(12-16-8-10-18-2)11-13-6-4-5-7-15(13)17/h4-7,11,16H,3,8-10,12H2,1-2H3. The van der Waals surface area contributed by atoms with Gasteiger partial charge >= 0.3 is 0 Å². The molecule has 0 aliphatic rings. The van der Waals surface area contributed by atoms with E-state index in [1.54, 1.807) is 7.11 Å². The maximum atomic E-state index is 5.05. The van der Waals surface area contributed by atoms with E-state index < -0.39 is 0 Å². The zero-order valence-electron chi connectivity index (χ0n) is 11.3. The molecule has 0 aliphatic heterocycles. The van der Waals surface area contributed by atoms with Crippen LogP contribution in [0.3, 0.4) is 0 Å². The van der Waals surface area contributed by atoms with Crippen LogP contribution in [-0.4, -0.2) is 24.8 Å². The highest BCUT2D eigenvalue weighted by Crippen LogP contribution is 2.20. The molecular weight excluding hydrogens is 224 g/mol. The summed E-state index contributed by atoms with van der Waals surface area (Å²) in [5.41, 5.74) is 2.69. The number of hydrogen-bond acceptors (Lipinski definition) is 2. The van der Waals surface area contributed by atoms with Gasteiger partial charge in [0.2, 0.25) is 0 Å². The Morgan fingerprint density at radius 1 is 1.28 bits per heavy atom. The molecule has 0 atom stereocenters. The van der Waals surface area contributed by atoms with Crippen molar-refractivity contribution in [1.29, 1.82) is 0 Å². The van der Waals surface area contributed by atoms with Crippen LogP contribution in [0.5, 0.6) is 0 Å². The molecule has 98 valence electrons. The van der Waals surface area contributed by atoms with Gasteiger partial charge in [-0.3, -0.25) is 0 Å². The summed E-state index contributed by atoms with van der Waals surface area (Å²) < 4.78 is 7.46. The van der Waals surface area contributed by atoms with Gasteiger partial charge < -0.3 is 14.6 Å². The number of ether oxygens (including phenoxy) is 1. The fraction of sp³-hybridized carbons (Fsp3) is 0.467. The Labute approximate surface area is 109 Å². The molecule has 0 spiro atoms. The number of rotatable bonds is 7. The summed E-state index contributed by atoms with van der Waals surface area (Å²) in [6.07, 6.45) is 1.16. The first-order valence-electron chi connectivity index (χ1n) is 6.63. The molecule has 1 N–H and O–H groups in total. The van der Waals surface area contributed by atoms with E-state index in [0.29, 0.717) is 0 Å². The summed E-state index contributed by atoms with van der Waals surface area (Å²) in [4.78, 5) is 0. The lowest BCUT2D eigenvalue weighted by molar-refractivity contribution is 0.199. The van der Waals surface area contributed by atoms with Crippen LogP contribution in [0.2, 0.25) is 0 Å². The van der Waals surface area contributed by atoms with Crippen LogP contribution in [0.15, 0.2) is 30.3 Å². The highest BCUT2D eigenvalue weighted by Gasteiger charge is 2.06. The number of benzene rings is 1. The van der Waals surface area contributed by atoms with Crippen molar-refractivity contribution < 1.29 is 4.74 Å². The highest BCUT2D eigenvalue weighted by atomic mass is 16.5. The van der Waals surface area contributed by atoms with Crippen LogP contribution < -0.4 is 5.32 Å². The fourth-order valence-corrected chi connectivity index (χ4v) is 2.29. The minimum Gasteiger partial charge on any atom is -0.383 e. The molecule has 1 aromatic heterocycles. The van der Waals surface area contributed by atoms with Gasteiger partial charge in [0.15, 0.2) is 0 Å². The van der Waals surface area contributed by atoms with E-state index in [0.717, 1.165) is 32.7 Å². The van der Waals surface area contributed by atoms with Gasteiger partial charge in [0.1, 0.15) is 0 Å². The third-order valence-corrected chi connectivity index (χ3v) is 3.13. The second-order valence-electron chi connectivity index (χ2n) is 4.52. The zero-order valence-corrected chi connectivity index (χ0v) is 11.3. The summed E-state index contributed by atoms with van der Waals surface area (Å²) in [5, 5.41) is 4.74. The molecule has 18 heavy (non-hydrogen) atoms. The van der Waals surface area contributed by atoms with Gasteiger partial charge in [0, 0.05) is 38.0 Å². The van der Waals surface area contributed by atoms with Gasteiger partial charge in [-0.05, 0) is 23.9 Å². The van der Waals surface area contributed by atoms with Crippen LogP contribution in [0.4, 0.5) is 0 Å². The average molecular weight is 246 g/mol. The largest absolute Gasteiger partial charge is 0.383 e. The topological polar surface area (TPSA) is 26.2 Å². The second-order valence-corrected chi connectivity index (χ2v) is 4.52. The molecule has 0 saturated heterocycles. The highest BCUT2D eigenvalue weighted by molar-refractivity contribution is 5.81.